The summed E-state index contributed by atoms with van der Waals surface area (Å²) in [7, 11) is -3.82. The highest BCUT2D eigenvalue weighted by atomic mass is 35.5. The Morgan fingerprint density at radius 2 is 1.50 bits per heavy atom. The zero-order valence-corrected chi connectivity index (χ0v) is 17.2. The fraction of sp³-hybridized carbons (Fsp3) is 0.0500. The molecule has 0 unspecified atom stereocenters. The van der Waals surface area contributed by atoms with Gasteiger partial charge >= 0.3 is 0 Å². The molecule has 8 heteroatoms. The van der Waals surface area contributed by atoms with E-state index >= 15 is 0 Å². The first-order chi connectivity index (χ1) is 13.4. The Morgan fingerprint density at radius 1 is 0.893 bits per heavy atom. The largest absolute Gasteiger partial charge is 0.321 e. The second-order valence-electron chi connectivity index (χ2n) is 5.76. The van der Waals surface area contributed by atoms with Gasteiger partial charge in [0.1, 0.15) is 0 Å². The van der Waals surface area contributed by atoms with Crippen LogP contribution in [0.1, 0.15) is 10.4 Å². The molecule has 28 heavy (non-hydrogen) atoms. The van der Waals surface area contributed by atoms with Crippen LogP contribution in [-0.4, -0.2) is 20.6 Å². The van der Waals surface area contributed by atoms with Crippen LogP contribution in [-0.2, 0) is 10.0 Å². The van der Waals surface area contributed by atoms with Crippen LogP contribution in [0.3, 0.4) is 0 Å². The molecule has 1 amide bonds. The number of benzene rings is 3. The molecule has 0 aliphatic rings. The van der Waals surface area contributed by atoms with E-state index in [1.165, 1.54) is 36.0 Å². The lowest BCUT2D eigenvalue weighted by molar-refractivity contribution is 0.102. The van der Waals surface area contributed by atoms with E-state index in [0.29, 0.717) is 22.0 Å². The molecule has 5 nitrogen and oxygen atoms in total. The van der Waals surface area contributed by atoms with Crippen LogP contribution >= 0.6 is 23.4 Å². The number of carbonyl (C=O) groups is 1. The van der Waals surface area contributed by atoms with E-state index in [1.54, 1.807) is 24.3 Å². The number of sulfonamides is 1. The predicted molar refractivity (Wildman–Crippen MR) is 115 cm³/mol. The summed E-state index contributed by atoms with van der Waals surface area (Å²) in [6.07, 6.45) is 1.93. The van der Waals surface area contributed by atoms with Crippen molar-refractivity contribution in [2.24, 2.45) is 0 Å². The van der Waals surface area contributed by atoms with E-state index in [2.05, 4.69) is 10.0 Å². The molecule has 0 aromatic heterocycles. The third kappa shape index (κ3) is 4.67. The average molecular weight is 433 g/mol. The molecule has 0 atom stereocenters. The number of halogens is 1. The van der Waals surface area contributed by atoms with Gasteiger partial charge in [0.2, 0.25) is 0 Å². The summed E-state index contributed by atoms with van der Waals surface area (Å²) >= 11 is 7.53. The summed E-state index contributed by atoms with van der Waals surface area (Å²) in [6.45, 7) is 0. The predicted octanol–water partition coefficient (Wildman–Crippen LogP) is 5.12. The number of carbonyl (C=O) groups excluding carboxylic acids is 1. The Hall–Kier alpha value is -2.48. The van der Waals surface area contributed by atoms with Gasteiger partial charge in [0.25, 0.3) is 15.9 Å². The van der Waals surface area contributed by atoms with Crippen molar-refractivity contribution in [3.8, 4) is 0 Å². The maximum atomic E-state index is 12.5. The fourth-order valence-corrected chi connectivity index (χ4v) is 4.35. The molecule has 0 aliphatic heterocycles. The Kier molecular flexibility index (Phi) is 6.28. The number of hydrogen-bond acceptors (Lipinski definition) is 4. The zero-order valence-electron chi connectivity index (χ0n) is 14.8. The minimum absolute atomic E-state index is 0.0356. The summed E-state index contributed by atoms with van der Waals surface area (Å²) in [5, 5.41) is 3.14. The molecular formula is C20H17ClN2O3S2. The smallest absolute Gasteiger partial charge is 0.261 e. The van der Waals surface area contributed by atoms with Crippen LogP contribution in [0.4, 0.5) is 11.4 Å². The Morgan fingerprint density at radius 3 is 2.14 bits per heavy atom. The summed E-state index contributed by atoms with van der Waals surface area (Å²) in [5.41, 5.74) is 1.35. The molecule has 0 bridgehead atoms. The third-order valence-electron chi connectivity index (χ3n) is 3.90. The first-order valence-electron chi connectivity index (χ1n) is 8.22. The quantitative estimate of drug-likeness (QED) is 0.530. The van der Waals surface area contributed by atoms with Crippen LogP contribution in [0.2, 0.25) is 5.02 Å². The van der Waals surface area contributed by atoms with Crippen molar-refractivity contribution in [1.82, 2.24) is 0 Å². The number of anilines is 2. The number of para-hydroxylation sites is 2. The number of rotatable bonds is 6. The van der Waals surface area contributed by atoms with Gasteiger partial charge in [-0.2, -0.15) is 0 Å². The van der Waals surface area contributed by atoms with E-state index in [4.69, 9.17) is 11.6 Å². The lowest BCUT2D eigenvalue weighted by atomic mass is 10.2. The molecule has 0 saturated carbocycles. The van der Waals surface area contributed by atoms with Crippen molar-refractivity contribution >= 4 is 50.7 Å². The van der Waals surface area contributed by atoms with Gasteiger partial charge in [-0.15, -0.1) is 11.8 Å². The maximum absolute atomic E-state index is 12.5. The Labute approximate surface area is 173 Å². The first kappa shape index (κ1) is 20.3. The second-order valence-corrected chi connectivity index (χ2v) is 8.70. The fourth-order valence-electron chi connectivity index (χ4n) is 2.48. The molecule has 0 heterocycles. The van der Waals surface area contributed by atoms with Crippen molar-refractivity contribution < 1.29 is 13.2 Å². The Balaban J connectivity index is 1.77. The van der Waals surface area contributed by atoms with Gasteiger partial charge in [0.05, 0.1) is 21.3 Å². The minimum atomic E-state index is -3.82. The van der Waals surface area contributed by atoms with Gasteiger partial charge in [-0.3, -0.25) is 9.52 Å². The van der Waals surface area contributed by atoms with Gasteiger partial charge < -0.3 is 5.32 Å². The van der Waals surface area contributed by atoms with E-state index in [9.17, 15) is 13.2 Å². The second kappa shape index (κ2) is 8.68. The molecule has 144 valence electrons. The van der Waals surface area contributed by atoms with Gasteiger partial charge in [-0.05, 0) is 54.8 Å². The number of thioether (sulfide) groups is 1. The van der Waals surface area contributed by atoms with Crippen molar-refractivity contribution in [1.29, 1.82) is 0 Å². The lowest BCUT2D eigenvalue weighted by Gasteiger charge is -2.11. The zero-order chi connectivity index (χ0) is 20.1. The van der Waals surface area contributed by atoms with E-state index < -0.39 is 10.0 Å². The molecule has 3 aromatic carbocycles. The highest BCUT2D eigenvalue weighted by Gasteiger charge is 2.17. The summed E-state index contributed by atoms with van der Waals surface area (Å²) in [6, 6.07) is 19.7. The minimum Gasteiger partial charge on any atom is -0.321 e. The molecule has 0 spiro atoms. The topological polar surface area (TPSA) is 75.3 Å². The van der Waals surface area contributed by atoms with Crippen molar-refractivity contribution in [3.05, 3.63) is 83.4 Å². The SMILES string of the molecule is CSc1ccccc1NC(=O)c1ccc(S(=O)(=O)Nc2ccccc2Cl)cc1. The highest BCUT2D eigenvalue weighted by Crippen LogP contribution is 2.26. The highest BCUT2D eigenvalue weighted by molar-refractivity contribution is 7.98. The summed E-state index contributed by atoms with van der Waals surface area (Å²) < 4.78 is 27.5. The molecule has 0 fully saturated rings. The lowest BCUT2D eigenvalue weighted by Crippen LogP contribution is -2.15. The van der Waals surface area contributed by atoms with Gasteiger partial charge in [-0.1, -0.05) is 35.9 Å². The summed E-state index contributed by atoms with van der Waals surface area (Å²) in [5.74, 6) is -0.315. The number of hydrogen-bond donors (Lipinski definition) is 2. The molecule has 0 aliphatic carbocycles. The molecule has 0 radical (unpaired) electrons. The van der Waals surface area contributed by atoms with Gasteiger partial charge in [0, 0.05) is 10.5 Å². The first-order valence-corrected chi connectivity index (χ1v) is 11.3. The van der Waals surface area contributed by atoms with Crippen LogP contribution in [0.15, 0.2) is 82.6 Å². The molecule has 3 rings (SSSR count). The Bertz CT molecular complexity index is 1100. The normalized spacial score (nSPS) is 11.1. The molecule has 2 N–H and O–H groups in total. The number of amides is 1. The number of nitrogens with one attached hydrogen (secondary N) is 2. The van der Waals surface area contributed by atoms with Crippen LogP contribution in [0.25, 0.3) is 0 Å². The van der Waals surface area contributed by atoms with E-state index in [1.807, 2.05) is 30.5 Å². The van der Waals surface area contributed by atoms with Crippen molar-refractivity contribution in [3.63, 3.8) is 0 Å². The van der Waals surface area contributed by atoms with E-state index in [0.717, 1.165) is 4.90 Å². The summed E-state index contributed by atoms with van der Waals surface area (Å²) in [4.78, 5) is 13.5. The standard InChI is InChI=1S/C20H17ClN2O3S2/c1-27-19-9-5-4-8-18(19)22-20(24)14-10-12-15(13-11-14)28(25,26)23-17-7-3-2-6-16(17)21/h2-13,23H,1H3,(H,22,24). The maximum Gasteiger partial charge on any atom is 0.261 e. The van der Waals surface area contributed by atoms with Crippen LogP contribution in [0.5, 0.6) is 0 Å². The monoisotopic (exact) mass is 432 g/mol. The van der Waals surface area contributed by atoms with Crippen LogP contribution < -0.4 is 10.0 Å². The van der Waals surface area contributed by atoms with Crippen LogP contribution in [0, 0.1) is 0 Å². The molecule has 0 saturated heterocycles. The average Bonchev–Trinajstić information content (AvgIpc) is 2.70. The van der Waals surface area contributed by atoms with Gasteiger partial charge in [0.15, 0.2) is 0 Å². The molecule has 3 aromatic rings. The van der Waals surface area contributed by atoms with E-state index in [-0.39, 0.29) is 10.8 Å². The van der Waals surface area contributed by atoms with Crippen molar-refractivity contribution in [2.75, 3.05) is 16.3 Å². The van der Waals surface area contributed by atoms with Crippen molar-refractivity contribution in [2.45, 2.75) is 9.79 Å². The third-order valence-corrected chi connectivity index (χ3v) is 6.41. The molecular weight excluding hydrogens is 416 g/mol. The van der Waals surface area contributed by atoms with Gasteiger partial charge in [-0.25, -0.2) is 8.42 Å².